The molecule has 43 heavy (non-hydrogen) atoms. The molecule has 2 aromatic carbocycles. The highest BCUT2D eigenvalue weighted by atomic mass is 35.5. The van der Waals surface area contributed by atoms with Crippen molar-refractivity contribution >= 4 is 40.1 Å². The molecule has 2 aliphatic rings. The van der Waals surface area contributed by atoms with Crippen molar-refractivity contribution in [1.82, 2.24) is 14.4 Å². The van der Waals surface area contributed by atoms with Gasteiger partial charge in [-0.25, -0.2) is 4.79 Å². The third-order valence-electron chi connectivity index (χ3n) is 8.41. The van der Waals surface area contributed by atoms with E-state index < -0.39 is 0 Å². The molecule has 3 heterocycles. The molecule has 1 aromatic heterocycles. The average Bonchev–Trinajstić information content (AvgIpc) is 3.16. The third kappa shape index (κ3) is 7.04. The van der Waals surface area contributed by atoms with Crippen LogP contribution in [0.25, 0.3) is 10.9 Å². The van der Waals surface area contributed by atoms with E-state index in [4.69, 9.17) is 25.8 Å². The van der Waals surface area contributed by atoms with Crippen molar-refractivity contribution in [2.45, 2.75) is 65.1 Å². The lowest BCUT2D eigenvalue weighted by Gasteiger charge is -2.40. The van der Waals surface area contributed by atoms with Gasteiger partial charge in [0.1, 0.15) is 6.54 Å². The fourth-order valence-corrected chi connectivity index (χ4v) is 6.25. The van der Waals surface area contributed by atoms with Crippen LogP contribution in [0.1, 0.15) is 51.5 Å². The van der Waals surface area contributed by atoms with Crippen LogP contribution in [0.5, 0.6) is 11.5 Å². The maximum Gasteiger partial charge on any atom is 0.325 e. The number of halogens is 1. The van der Waals surface area contributed by atoms with Gasteiger partial charge in [-0.1, -0.05) is 43.5 Å². The Kier molecular flexibility index (Phi) is 10.4. The SMILES string of the molecule is CCCCCOc1cc(N2CC[C@H](C)N(Cc3cccc4c3c(Cl)cn4CC(=O)N3CCCOCC3)C2=O)ccc1OC. The Labute approximate surface area is 259 Å². The van der Waals surface area contributed by atoms with Crippen LogP contribution in [0.2, 0.25) is 5.02 Å². The van der Waals surface area contributed by atoms with Crippen molar-refractivity contribution in [3.8, 4) is 11.5 Å². The van der Waals surface area contributed by atoms with E-state index in [1.54, 1.807) is 7.11 Å². The third-order valence-corrected chi connectivity index (χ3v) is 8.70. The van der Waals surface area contributed by atoms with Crippen LogP contribution in [0.4, 0.5) is 10.5 Å². The van der Waals surface area contributed by atoms with Gasteiger partial charge in [0.15, 0.2) is 11.5 Å². The second-order valence-electron chi connectivity index (χ2n) is 11.4. The van der Waals surface area contributed by atoms with E-state index in [9.17, 15) is 9.59 Å². The molecule has 10 heteroatoms. The second-order valence-corrected chi connectivity index (χ2v) is 11.8. The number of methoxy groups -OCH3 is 1. The van der Waals surface area contributed by atoms with Gasteiger partial charge in [-0.2, -0.15) is 0 Å². The zero-order valence-corrected chi connectivity index (χ0v) is 26.3. The molecule has 1 atom stereocenters. The van der Waals surface area contributed by atoms with Crippen molar-refractivity contribution in [2.75, 3.05) is 51.5 Å². The van der Waals surface area contributed by atoms with Gasteiger partial charge < -0.3 is 28.6 Å². The lowest BCUT2D eigenvalue weighted by molar-refractivity contribution is -0.131. The highest BCUT2D eigenvalue weighted by Crippen LogP contribution is 2.35. The fourth-order valence-electron chi connectivity index (χ4n) is 5.91. The summed E-state index contributed by atoms with van der Waals surface area (Å²) in [5.74, 6) is 1.35. The van der Waals surface area contributed by atoms with Crippen molar-refractivity contribution in [3.05, 3.63) is 53.2 Å². The average molecular weight is 611 g/mol. The predicted molar refractivity (Wildman–Crippen MR) is 169 cm³/mol. The van der Waals surface area contributed by atoms with E-state index >= 15 is 0 Å². The minimum absolute atomic E-state index is 0.0492. The van der Waals surface area contributed by atoms with Crippen molar-refractivity contribution in [2.24, 2.45) is 0 Å². The molecule has 0 unspecified atom stereocenters. The van der Waals surface area contributed by atoms with E-state index in [0.717, 1.165) is 54.3 Å². The normalized spacial score (nSPS) is 17.8. The molecule has 0 N–H and O–H groups in total. The van der Waals surface area contributed by atoms with E-state index in [1.807, 2.05) is 61.9 Å². The van der Waals surface area contributed by atoms with Crippen molar-refractivity contribution in [3.63, 3.8) is 0 Å². The minimum Gasteiger partial charge on any atom is -0.493 e. The first-order valence-electron chi connectivity index (χ1n) is 15.4. The molecular formula is C33H43ClN4O5. The number of anilines is 1. The minimum atomic E-state index is -0.0630. The van der Waals surface area contributed by atoms with Gasteiger partial charge >= 0.3 is 6.03 Å². The van der Waals surface area contributed by atoms with E-state index in [2.05, 4.69) is 13.8 Å². The first-order valence-corrected chi connectivity index (χ1v) is 15.8. The summed E-state index contributed by atoms with van der Waals surface area (Å²) >= 11 is 6.80. The van der Waals surface area contributed by atoms with Gasteiger partial charge in [0, 0.05) is 62.2 Å². The van der Waals surface area contributed by atoms with Crippen LogP contribution in [0.15, 0.2) is 42.6 Å². The monoisotopic (exact) mass is 610 g/mol. The van der Waals surface area contributed by atoms with Crippen LogP contribution in [0.3, 0.4) is 0 Å². The maximum absolute atomic E-state index is 14.0. The van der Waals surface area contributed by atoms with Crippen LogP contribution >= 0.6 is 11.6 Å². The lowest BCUT2D eigenvalue weighted by atomic mass is 10.1. The Morgan fingerprint density at radius 3 is 2.77 bits per heavy atom. The summed E-state index contributed by atoms with van der Waals surface area (Å²) in [4.78, 5) is 32.7. The summed E-state index contributed by atoms with van der Waals surface area (Å²) in [6.45, 7) is 8.62. The summed E-state index contributed by atoms with van der Waals surface area (Å²) in [6.07, 6.45) is 6.68. The number of fused-ring (bicyclic) bond motifs is 1. The summed E-state index contributed by atoms with van der Waals surface area (Å²) < 4.78 is 19.0. The number of rotatable bonds is 11. The number of hydrogen-bond donors (Lipinski definition) is 0. The van der Waals surface area contributed by atoms with E-state index in [-0.39, 0.29) is 24.5 Å². The molecule has 3 aromatic rings. The summed E-state index contributed by atoms with van der Waals surface area (Å²) in [6, 6.07) is 11.6. The first-order chi connectivity index (χ1) is 20.9. The molecule has 5 rings (SSSR count). The highest BCUT2D eigenvalue weighted by molar-refractivity contribution is 6.36. The first kappa shape index (κ1) is 31.0. The van der Waals surface area contributed by atoms with Crippen LogP contribution in [-0.4, -0.2) is 78.9 Å². The molecule has 0 aliphatic carbocycles. The highest BCUT2D eigenvalue weighted by Gasteiger charge is 2.33. The van der Waals surface area contributed by atoms with Gasteiger partial charge in [0.05, 0.1) is 30.9 Å². The Hall–Kier alpha value is -3.43. The molecule has 232 valence electrons. The summed E-state index contributed by atoms with van der Waals surface area (Å²) in [5, 5.41) is 1.45. The number of ether oxygens (including phenoxy) is 3. The molecule has 0 saturated carbocycles. The zero-order valence-electron chi connectivity index (χ0n) is 25.5. The molecule has 2 fully saturated rings. The fraction of sp³-hybridized carbons (Fsp3) is 0.515. The van der Waals surface area contributed by atoms with Gasteiger partial charge in [-0.3, -0.25) is 9.69 Å². The quantitative estimate of drug-likeness (QED) is 0.237. The smallest absolute Gasteiger partial charge is 0.325 e. The Morgan fingerprint density at radius 2 is 1.95 bits per heavy atom. The number of aromatic nitrogens is 1. The van der Waals surface area contributed by atoms with Crippen LogP contribution < -0.4 is 14.4 Å². The molecule has 0 radical (unpaired) electrons. The number of hydrogen-bond acceptors (Lipinski definition) is 5. The number of urea groups is 1. The molecule has 2 saturated heterocycles. The second kappa shape index (κ2) is 14.4. The van der Waals surface area contributed by atoms with E-state index in [0.29, 0.717) is 62.5 Å². The molecular weight excluding hydrogens is 568 g/mol. The van der Waals surface area contributed by atoms with Crippen LogP contribution in [-0.2, 0) is 22.6 Å². The number of nitrogens with zero attached hydrogens (tertiary/aromatic N) is 4. The predicted octanol–water partition coefficient (Wildman–Crippen LogP) is 6.34. The maximum atomic E-state index is 14.0. The Morgan fingerprint density at radius 1 is 1.09 bits per heavy atom. The number of carbonyl (C=O) groups excluding carboxylic acids is 2. The van der Waals surface area contributed by atoms with Gasteiger partial charge in [0.25, 0.3) is 0 Å². The molecule has 0 spiro atoms. The topological polar surface area (TPSA) is 76.5 Å². The molecule has 3 amide bonds. The standard InChI is InChI=1S/C33H43ClN4O5/c1-4-5-6-18-43-30-20-26(11-12-29(30)41-3)37-15-13-24(2)38(33(37)40)21-25-9-7-10-28-32(25)27(34)22-36(28)23-31(39)35-14-8-17-42-19-16-35/h7,9-12,20,22,24H,4-6,8,13-19,21,23H2,1-3H3/t24-/m0/s1. The number of unbranched alkanes of at least 4 members (excludes halogenated alkanes) is 2. The van der Waals surface area contributed by atoms with Gasteiger partial charge in [0.2, 0.25) is 5.91 Å². The lowest BCUT2D eigenvalue weighted by Crippen LogP contribution is -2.53. The van der Waals surface area contributed by atoms with Crippen molar-refractivity contribution < 1.29 is 23.8 Å². The Bertz CT molecular complexity index is 1420. The van der Waals surface area contributed by atoms with Gasteiger partial charge in [-0.05, 0) is 49.9 Å². The Balaban J connectivity index is 1.35. The number of benzene rings is 2. The molecule has 0 bridgehead atoms. The zero-order chi connectivity index (χ0) is 30.3. The van der Waals surface area contributed by atoms with E-state index in [1.165, 1.54) is 0 Å². The van der Waals surface area contributed by atoms with Crippen molar-refractivity contribution in [1.29, 1.82) is 0 Å². The number of amides is 3. The largest absolute Gasteiger partial charge is 0.493 e. The number of carbonyl (C=O) groups is 2. The molecule has 2 aliphatic heterocycles. The van der Waals surface area contributed by atoms with Crippen LogP contribution in [0, 0.1) is 0 Å². The molecule has 9 nitrogen and oxygen atoms in total. The summed E-state index contributed by atoms with van der Waals surface area (Å²) in [7, 11) is 1.63. The summed E-state index contributed by atoms with van der Waals surface area (Å²) in [5.41, 5.74) is 2.62. The van der Waals surface area contributed by atoms with Gasteiger partial charge in [-0.15, -0.1) is 0 Å².